The van der Waals surface area contributed by atoms with Crippen molar-refractivity contribution in [3.05, 3.63) is 0 Å². The molecule has 24 heteroatoms. The zero-order chi connectivity index (χ0) is 57.0. The zero-order valence-electron chi connectivity index (χ0n) is 47.1. The molecule has 442 valence electrons. The van der Waals surface area contributed by atoms with Crippen molar-refractivity contribution in [1.82, 2.24) is 53.9 Å². The van der Waals surface area contributed by atoms with Gasteiger partial charge in [-0.05, 0) is 141 Å². The minimum absolute atomic E-state index is 0.163. The molecule has 11 aliphatic rings. The Morgan fingerprint density at radius 2 is 0.420 bits per heavy atom. The molecule has 0 bridgehead atoms. The third kappa shape index (κ3) is 10.4. The third-order valence-corrected chi connectivity index (χ3v) is 20.7. The Hall–Kier alpha value is -5.94. The Kier molecular flexibility index (Phi) is 16.7. The molecule has 0 saturated carbocycles. The summed E-state index contributed by atoms with van der Waals surface area (Å²) >= 11 is 6.26. The number of nitrogens with two attached hydrogens (primary N) is 1. The average molecular weight is 1140 g/mol. The number of hydrogen-bond acceptors (Lipinski definition) is 12. The van der Waals surface area contributed by atoms with Crippen LogP contribution in [0, 0.1) is 0 Å². The number of thiocarbonyl (C=S) groups is 1. The molecule has 11 atom stereocenters. The fourth-order valence-electron chi connectivity index (χ4n) is 16.2. The van der Waals surface area contributed by atoms with Crippen LogP contribution < -0.4 is 5.73 Å². The van der Waals surface area contributed by atoms with Gasteiger partial charge in [-0.3, -0.25) is 52.7 Å². The summed E-state index contributed by atoms with van der Waals surface area (Å²) in [4.78, 5) is 173. The highest BCUT2D eigenvalue weighted by Crippen LogP contribution is 2.36. The van der Waals surface area contributed by atoms with Crippen molar-refractivity contribution < 1.29 is 52.7 Å². The van der Waals surface area contributed by atoms with Crippen LogP contribution in [0.3, 0.4) is 0 Å². The average Bonchev–Trinajstić information content (AvgIpc) is 4.34. The molecule has 0 aliphatic carbocycles. The van der Waals surface area contributed by atoms with Crippen molar-refractivity contribution >= 4 is 82.2 Å². The van der Waals surface area contributed by atoms with Gasteiger partial charge in [0.1, 0.15) is 65.4 Å². The lowest BCUT2D eigenvalue weighted by Gasteiger charge is -2.38. The lowest BCUT2D eigenvalue weighted by atomic mass is 10.1. The molecule has 11 rings (SSSR count). The van der Waals surface area contributed by atoms with Crippen molar-refractivity contribution in [1.29, 1.82) is 0 Å². The molecule has 81 heavy (non-hydrogen) atoms. The molecule has 11 aliphatic heterocycles. The van der Waals surface area contributed by atoms with Gasteiger partial charge in [0.2, 0.25) is 65.0 Å². The van der Waals surface area contributed by atoms with Crippen LogP contribution in [-0.2, 0) is 52.7 Å². The second-order valence-electron chi connectivity index (χ2n) is 24.7. The Labute approximate surface area is 479 Å². The Morgan fingerprint density at radius 1 is 0.259 bits per heavy atom. The van der Waals surface area contributed by atoms with Gasteiger partial charge in [-0.25, -0.2) is 0 Å². The Bertz CT molecular complexity index is 2420. The van der Waals surface area contributed by atoms with Gasteiger partial charge in [0.05, 0.1) is 6.04 Å². The van der Waals surface area contributed by atoms with Crippen LogP contribution in [0.1, 0.15) is 148 Å². The van der Waals surface area contributed by atoms with Gasteiger partial charge in [0, 0.05) is 78.9 Å². The summed E-state index contributed by atoms with van der Waals surface area (Å²) in [6, 6.07) is -7.67. The maximum Gasteiger partial charge on any atom is 0.246 e. The fraction of sp³-hybridized carbons (Fsp3) is 0.789. The van der Waals surface area contributed by atoms with E-state index < -0.39 is 72.4 Å². The van der Waals surface area contributed by atoms with Crippen LogP contribution in [-0.4, -0.2) is 262 Å². The molecule has 0 radical (unpaired) electrons. The highest BCUT2D eigenvalue weighted by molar-refractivity contribution is 7.80. The van der Waals surface area contributed by atoms with E-state index in [1.807, 2.05) is 4.90 Å². The van der Waals surface area contributed by atoms with Gasteiger partial charge >= 0.3 is 0 Å². The number of amides is 11. The second kappa shape index (κ2) is 23.7. The van der Waals surface area contributed by atoms with E-state index in [9.17, 15) is 52.7 Å². The largest absolute Gasteiger partial charge is 0.368 e. The summed E-state index contributed by atoms with van der Waals surface area (Å²) in [6.45, 7) is 5.93. The summed E-state index contributed by atoms with van der Waals surface area (Å²) in [5.41, 5.74) is 5.64. The Balaban J connectivity index is 0.711. The van der Waals surface area contributed by atoms with Crippen LogP contribution in [0.15, 0.2) is 0 Å². The number of hydrogen-bond donors (Lipinski definition) is 1. The predicted octanol–water partition coefficient (Wildman–Crippen LogP) is 0.193. The van der Waals surface area contributed by atoms with Crippen molar-refractivity contribution in [2.24, 2.45) is 5.73 Å². The van der Waals surface area contributed by atoms with Crippen molar-refractivity contribution in [3.63, 3.8) is 0 Å². The highest BCUT2D eigenvalue weighted by Gasteiger charge is 2.53. The van der Waals surface area contributed by atoms with E-state index in [4.69, 9.17) is 18.0 Å². The molecule has 11 saturated heterocycles. The molecule has 0 aromatic rings. The summed E-state index contributed by atoms with van der Waals surface area (Å²) in [7, 11) is 0. The highest BCUT2D eigenvalue weighted by atomic mass is 32.1. The number of carbonyl (C=O) groups is 11. The maximum atomic E-state index is 14.9. The molecule has 11 amide bonds. The number of nitrogens with zero attached hydrogens (tertiary/aromatic N) is 11. The number of primary amides is 1. The molecule has 11 fully saturated rings. The normalized spacial score (nSPS) is 32.4. The summed E-state index contributed by atoms with van der Waals surface area (Å²) in [5.74, 6) is -2.98. The van der Waals surface area contributed by atoms with E-state index >= 15 is 0 Å². The lowest BCUT2D eigenvalue weighted by molar-refractivity contribution is -0.154. The van der Waals surface area contributed by atoms with Gasteiger partial charge in [-0.15, -0.1) is 0 Å². The Morgan fingerprint density at radius 3 is 0.654 bits per heavy atom. The second-order valence-corrected chi connectivity index (χ2v) is 25.1. The summed E-state index contributed by atoms with van der Waals surface area (Å²) < 4.78 is 0. The molecular formula is C57H82N12O11S. The molecule has 0 unspecified atom stereocenters. The summed E-state index contributed by atoms with van der Waals surface area (Å²) in [6.07, 6.45) is 12.4. The predicted molar refractivity (Wildman–Crippen MR) is 295 cm³/mol. The summed E-state index contributed by atoms with van der Waals surface area (Å²) in [5, 5.41) is 0. The minimum Gasteiger partial charge on any atom is -0.368 e. The van der Waals surface area contributed by atoms with Gasteiger partial charge in [-0.2, -0.15) is 0 Å². The molecule has 23 nitrogen and oxygen atoms in total. The van der Waals surface area contributed by atoms with Crippen molar-refractivity contribution in [2.45, 2.75) is 215 Å². The molecule has 0 spiro atoms. The van der Waals surface area contributed by atoms with E-state index in [1.54, 1.807) is 44.1 Å². The zero-order valence-corrected chi connectivity index (χ0v) is 47.9. The topological polar surface area (TPSA) is 249 Å². The van der Waals surface area contributed by atoms with Crippen LogP contribution in [0.25, 0.3) is 0 Å². The number of likely N-dealkylation sites (tertiary alicyclic amines) is 11. The number of carbonyl (C=O) groups excluding carboxylic acids is 11. The number of rotatable bonds is 11. The third-order valence-electron chi connectivity index (χ3n) is 20.2. The van der Waals surface area contributed by atoms with Crippen LogP contribution >= 0.6 is 12.2 Å². The SMILES string of the molecule is CC(=O)N1CCC[C@H]1C(=O)N1CCC[C@H]1C(=O)N1CCC[C@H]1C(=O)N1CCC[C@H]1C(=O)N1CCC[C@H]1C(=O)N1CCC[C@H]1C(=S)N1CCC[C@H]1C(=O)N1CCC[C@H]1C(=O)N1CCC[C@H]1C(=O)N1CCC[C@H]1C(=O)N1CCC[C@H]1C(N)=O. The molecule has 0 aromatic carbocycles. The first-order chi connectivity index (χ1) is 39.1. The monoisotopic (exact) mass is 1140 g/mol. The van der Waals surface area contributed by atoms with Crippen LogP contribution in [0.5, 0.6) is 0 Å². The molecular weight excluding hydrogens is 1060 g/mol. The van der Waals surface area contributed by atoms with E-state index in [1.165, 1.54) is 11.8 Å². The van der Waals surface area contributed by atoms with E-state index in [-0.39, 0.29) is 59.1 Å². The van der Waals surface area contributed by atoms with E-state index in [0.717, 1.165) is 6.42 Å². The van der Waals surface area contributed by atoms with Gasteiger partial charge in [0.25, 0.3) is 0 Å². The maximum absolute atomic E-state index is 14.9. The quantitative estimate of drug-likeness (QED) is 0.272. The molecule has 2 N–H and O–H groups in total. The van der Waals surface area contributed by atoms with Crippen LogP contribution in [0.4, 0.5) is 0 Å². The first-order valence-electron chi connectivity index (χ1n) is 30.7. The van der Waals surface area contributed by atoms with Gasteiger partial charge in [-0.1, -0.05) is 12.2 Å². The lowest BCUT2D eigenvalue weighted by Crippen LogP contribution is -2.59. The van der Waals surface area contributed by atoms with Gasteiger partial charge in [0.15, 0.2) is 0 Å². The first-order valence-corrected chi connectivity index (χ1v) is 31.1. The smallest absolute Gasteiger partial charge is 0.246 e. The minimum atomic E-state index is -0.787. The molecule has 11 heterocycles. The van der Waals surface area contributed by atoms with Gasteiger partial charge < -0.3 is 59.6 Å². The van der Waals surface area contributed by atoms with Crippen molar-refractivity contribution in [2.75, 3.05) is 72.0 Å². The van der Waals surface area contributed by atoms with E-state index in [0.29, 0.717) is 212 Å². The van der Waals surface area contributed by atoms with Crippen molar-refractivity contribution in [3.8, 4) is 0 Å². The standard InChI is InChI=1S/C57H82N12O11S/c1-35(70)59-24-3-14-37(59)48(72)61-26-5-16-39(61)50(74)63-28-7-18-41(63)52(76)64-29-8-19-42(64)53(77)66-31-10-21-44(66)55(79)68-33-12-23-46(68)57(81)69-34-11-22-45(69)56(80)67-32-9-20-43(67)54(78)65-30-6-17-40(65)51(75)62-27-4-15-38(62)49(73)60-25-2-13-36(60)47(58)71/h36-46H,2-34H2,1H3,(H2,58,71)/t36-,37-,38-,39-,40-,41-,42-,43-,44-,45-,46-/m0/s1. The molecule has 0 aromatic heterocycles. The first kappa shape index (κ1) is 56.9. The van der Waals surface area contributed by atoms with E-state index in [2.05, 4.69) is 0 Å². The fourth-order valence-corrected chi connectivity index (χ4v) is 16.7. The van der Waals surface area contributed by atoms with Crippen LogP contribution in [0.2, 0.25) is 0 Å².